The van der Waals surface area contributed by atoms with Crippen molar-refractivity contribution in [2.24, 2.45) is 0 Å². The number of hydrogen-bond acceptors (Lipinski definition) is 4. The number of hydrogen-bond donors (Lipinski definition) is 1. The van der Waals surface area contributed by atoms with Gasteiger partial charge in [0.1, 0.15) is 5.54 Å². The lowest BCUT2D eigenvalue weighted by Gasteiger charge is -2.23. The van der Waals surface area contributed by atoms with Crippen LogP contribution in [-0.4, -0.2) is 38.5 Å². The number of unbranched alkanes of at least 4 members (excludes halogenated alkanes) is 1. The average molecular weight is 240 g/mol. The summed E-state index contributed by atoms with van der Waals surface area (Å²) in [7, 11) is 1.67. The molecule has 4 nitrogen and oxygen atoms in total. The molecule has 0 aromatic rings. The first-order valence-electron chi connectivity index (χ1n) is 6.46. The topological polar surface area (TPSA) is 54.3 Å². The summed E-state index contributed by atoms with van der Waals surface area (Å²) in [6.07, 6.45) is 5.37. The highest BCUT2D eigenvalue weighted by atomic mass is 16.5. The van der Waals surface area contributed by atoms with Crippen LogP contribution in [0, 0.1) is 11.3 Å². The molecule has 1 aliphatic rings. The van der Waals surface area contributed by atoms with E-state index >= 15 is 0 Å². The predicted octanol–water partition coefficient (Wildman–Crippen LogP) is 1.85. The lowest BCUT2D eigenvalue weighted by Crippen LogP contribution is -2.42. The first-order valence-corrected chi connectivity index (χ1v) is 6.46. The molecule has 0 heterocycles. The molecule has 1 unspecified atom stereocenters. The van der Waals surface area contributed by atoms with E-state index in [4.69, 9.17) is 9.47 Å². The second kappa shape index (κ2) is 7.65. The largest absolute Gasteiger partial charge is 0.382 e. The normalized spacial score (nSPS) is 18.6. The fourth-order valence-corrected chi connectivity index (χ4v) is 1.77. The summed E-state index contributed by atoms with van der Waals surface area (Å²) in [5.74, 6) is 0. The summed E-state index contributed by atoms with van der Waals surface area (Å²) in [6.45, 7) is 4.07. The highest BCUT2D eigenvalue weighted by Crippen LogP contribution is 2.24. The van der Waals surface area contributed by atoms with E-state index in [9.17, 15) is 5.26 Å². The molecule has 4 heteroatoms. The van der Waals surface area contributed by atoms with Crippen LogP contribution in [0.2, 0.25) is 0 Å². The van der Waals surface area contributed by atoms with Gasteiger partial charge in [-0.1, -0.05) is 0 Å². The monoisotopic (exact) mass is 240 g/mol. The van der Waals surface area contributed by atoms with Gasteiger partial charge in [-0.15, -0.1) is 0 Å². The van der Waals surface area contributed by atoms with Crippen molar-refractivity contribution in [3.05, 3.63) is 0 Å². The van der Waals surface area contributed by atoms with Gasteiger partial charge in [-0.3, -0.25) is 5.32 Å². The molecule has 0 spiro atoms. The van der Waals surface area contributed by atoms with Crippen molar-refractivity contribution in [3.63, 3.8) is 0 Å². The molecule has 1 aliphatic carbocycles. The maximum absolute atomic E-state index is 9.17. The van der Waals surface area contributed by atoms with E-state index in [0.717, 1.165) is 25.9 Å². The first kappa shape index (κ1) is 14.4. The molecule has 1 atom stereocenters. The van der Waals surface area contributed by atoms with Crippen LogP contribution >= 0.6 is 0 Å². The van der Waals surface area contributed by atoms with Gasteiger partial charge in [-0.2, -0.15) is 5.26 Å². The molecule has 98 valence electrons. The fourth-order valence-electron chi connectivity index (χ4n) is 1.77. The average Bonchev–Trinajstić information content (AvgIpc) is 3.12. The molecule has 1 rings (SSSR count). The number of ether oxygens (including phenoxy) is 2. The fraction of sp³-hybridized carbons (Fsp3) is 0.923. The Morgan fingerprint density at radius 1 is 1.29 bits per heavy atom. The molecule has 0 aliphatic heterocycles. The molecular formula is C13H24N2O2. The molecule has 1 fully saturated rings. The SMILES string of the molecule is COCCOCCCCC(C)(C#N)NC1CC1. The zero-order valence-electron chi connectivity index (χ0n) is 11.0. The van der Waals surface area contributed by atoms with Crippen LogP contribution < -0.4 is 5.32 Å². The Bertz CT molecular complexity index is 248. The first-order chi connectivity index (χ1) is 8.20. The third-order valence-electron chi connectivity index (χ3n) is 2.99. The molecule has 0 radical (unpaired) electrons. The van der Waals surface area contributed by atoms with Crippen LogP contribution in [-0.2, 0) is 9.47 Å². The molecule has 1 saturated carbocycles. The molecule has 0 amide bonds. The Balaban J connectivity index is 2.01. The van der Waals surface area contributed by atoms with Crippen LogP contribution in [0.4, 0.5) is 0 Å². The minimum absolute atomic E-state index is 0.353. The van der Waals surface area contributed by atoms with E-state index in [1.165, 1.54) is 12.8 Å². The summed E-state index contributed by atoms with van der Waals surface area (Å²) in [5.41, 5.74) is -0.353. The zero-order chi connectivity index (χ0) is 12.6. The van der Waals surface area contributed by atoms with E-state index in [1.807, 2.05) is 6.92 Å². The van der Waals surface area contributed by atoms with Gasteiger partial charge in [-0.05, 0) is 39.0 Å². The van der Waals surface area contributed by atoms with Gasteiger partial charge < -0.3 is 9.47 Å². The Morgan fingerprint density at radius 3 is 2.65 bits per heavy atom. The van der Waals surface area contributed by atoms with Crippen molar-refractivity contribution in [2.75, 3.05) is 26.9 Å². The zero-order valence-corrected chi connectivity index (χ0v) is 11.0. The molecule has 17 heavy (non-hydrogen) atoms. The molecular weight excluding hydrogens is 216 g/mol. The minimum Gasteiger partial charge on any atom is -0.382 e. The Morgan fingerprint density at radius 2 is 2.06 bits per heavy atom. The second-order valence-corrected chi connectivity index (χ2v) is 4.92. The van der Waals surface area contributed by atoms with Crippen molar-refractivity contribution in [1.82, 2.24) is 5.32 Å². The van der Waals surface area contributed by atoms with Crippen molar-refractivity contribution >= 4 is 0 Å². The Kier molecular flexibility index (Phi) is 6.49. The van der Waals surface area contributed by atoms with Crippen LogP contribution in [0.25, 0.3) is 0 Å². The van der Waals surface area contributed by atoms with Crippen LogP contribution in [0.3, 0.4) is 0 Å². The Labute approximate surface area is 104 Å². The summed E-state index contributed by atoms with van der Waals surface area (Å²) in [5, 5.41) is 12.6. The van der Waals surface area contributed by atoms with E-state index in [-0.39, 0.29) is 5.54 Å². The lowest BCUT2D eigenvalue weighted by molar-refractivity contribution is 0.0681. The predicted molar refractivity (Wildman–Crippen MR) is 66.7 cm³/mol. The van der Waals surface area contributed by atoms with E-state index in [2.05, 4.69) is 11.4 Å². The summed E-state index contributed by atoms with van der Waals surface area (Å²) < 4.78 is 10.3. The quantitative estimate of drug-likeness (QED) is 0.592. The standard InChI is InChI=1S/C13H24N2O2/c1-13(11-14,15-12-5-6-12)7-3-4-8-17-10-9-16-2/h12,15H,3-10H2,1-2H3. The number of nitrogens with zero attached hydrogens (tertiary/aromatic N) is 1. The van der Waals surface area contributed by atoms with E-state index in [1.54, 1.807) is 7.11 Å². The van der Waals surface area contributed by atoms with Gasteiger partial charge in [0.25, 0.3) is 0 Å². The van der Waals surface area contributed by atoms with Crippen molar-refractivity contribution < 1.29 is 9.47 Å². The second-order valence-electron chi connectivity index (χ2n) is 4.92. The number of methoxy groups -OCH3 is 1. The van der Waals surface area contributed by atoms with Crippen LogP contribution in [0.5, 0.6) is 0 Å². The van der Waals surface area contributed by atoms with E-state index in [0.29, 0.717) is 19.3 Å². The maximum Gasteiger partial charge on any atom is 0.104 e. The van der Waals surface area contributed by atoms with Gasteiger partial charge in [0.2, 0.25) is 0 Å². The molecule has 1 N–H and O–H groups in total. The van der Waals surface area contributed by atoms with Crippen molar-refractivity contribution in [2.45, 2.75) is 50.6 Å². The van der Waals surface area contributed by atoms with Gasteiger partial charge in [-0.25, -0.2) is 0 Å². The third-order valence-corrected chi connectivity index (χ3v) is 2.99. The molecule has 0 bridgehead atoms. The van der Waals surface area contributed by atoms with Gasteiger partial charge in [0, 0.05) is 19.8 Å². The summed E-state index contributed by atoms with van der Waals surface area (Å²) in [4.78, 5) is 0. The third kappa shape index (κ3) is 6.62. The highest BCUT2D eigenvalue weighted by molar-refractivity contribution is 5.06. The summed E-state index contributed by atoms with van der Waals surface area (Å²) in [6, 6.07) is 2.97. The van der Waals surface area contributed by atoms with Crippen LogP contribution in [0.15, 0.2) is 0 Å². The van der Waals surface area contributed by atoms with Gasteiger partial charge >= 0.3 is 0 Å². The number of rotatable bonds is 10. The number of nitriles is 1. The number of nitrogens with one attached hydrogen (secondary N) is 1. The van der Waals surface area contributed by atoms with Crippen molar-refractivity contribution in [1.29, 1.82) is 5.26 Å². The smallest absolute Gasteiger partial charge is 0.104 e. The molecule has 0 aromatic heterocycles. The summed E-state index contributed by atoms with van der Waals surface area (Å²) >= 11 is 0. The highest BCUT2D eigenvalue weighted by Gasteiger charge is 2.31. The van der Waals surface area contributed by atoms with E-state index < -0.39 is 0 Å². The molecule has 0 aromatic carbocycles. The molecule has 0 saturated heterocycles. The van der Waals surface area contributed by atoms with Crippen molar-refractivity contribution in [3.8, 4) is 6.07 Å². The lowest BCUT2D eigenvalue weighted by atomic mass is 9.96. The van der Waals surface area contributed by atoms with Crippen LogP contribution in [0.1, 0.15) is 39.0 Å². The minimum atomic E-state index is -0.353. The Hall–Kier alpha value is -0.630. The van der Waals surface area contributed by atoms with Gasteiger partial charge in [0.15, 0.2) is 0 Å². The van der Waals surface area contributed by atoms with Gasteiger partial charge in [0.05, 0.1) is 19.3 Å². The maximum atomic E-state index is 9.17.